The van der Waals surface area contributed by atoms with Gasteiger partial charge in [0.2, 0.25) is 0 Å². The van der Waals surface area contributed by atoms with Crippen molar-refractivity contribution in [3.8, 4) is 0 Å². The fourth-order valence-electron chi connectivity index (χ4n) is 2.47. The maximum absolute atomic E-state index is 5.86. The van der Waals surface area contributed by atoms with Gasteiger partial charge < -0.3 is 11.1 Å². The van der Waals surface area contributed by atoms with Crippen molar-refractivity contribution in [1.29, 1.82) is 0 Å². The van der Waals surface area contributed by atoms with Gasteiger partial charge in [-0.2, -0.15) is 0 Å². The van der Waals surface area contributed by atoms with Crippen molar-refractivity contribution in [2.45, 2.75) is 19.9 Å². The first kappa shape index (κ1) is 13.4. The Hall–Kier alpha value is -2.62. The average molecular weight is 278 g/mol. The van der Waals surface area contributed by atoms with Crippen molar-refractivity contribution >= 4 is 22.4 Å². The number of hydrogen-bond acceptors (Lipinski definition) is 4. The minimum atomic E-state index is 0.717. The van der Waals surface area contributed by atoms with Gasteiger partial charge in [0.1, 0.15) is 12.1 Å². The van der Waals surface area contributed by atoms with Crippen LogP contribution < -0.4 is 11.1 Å². The summed E-state index contributed by atoms with van der Waals surface area (Å²) in [7, 11) is 0. The van der Waals surface area contributed by atoms with Gasteiger partial charge in [-0.25, -0.2) is 9.97 Å². The van der Waals surface area contributed by atoms with Crippen molar-refractivity contribution < 1.29 is 0 Å². The SMILES string of the molecule is CCc1ccccc1CNc1ncnc2ccc(N)cc12. The molecular weight excluding hydrogens is 260 g/mol. The number of rotatable bonds is 4. The second-order valence-corrected chi connectivity index (χ2v) is 4.97. The molecule has 3 N–H and O–H groups in total. The van der Waals surface area contributed by atoms with E-state index in [9.17, 15) is 0 Å². The summed E-state index contributed by atoms with van der Waals surface area (Å²) in [5.74, 6) is 0.818. The second-order valence-electron chi connectivity index (χ2n) is 4.97. The fourth-order valence-corrected chi connectivity index (χ4v) is 2.47. The van der Waals surface area contributed by atoms with Crippen LogP contribution in [0.25, 0.3) is 10.9 Å². The number of nitrogens with zero attached hydrogens (tertiary/aromatic N) is 2. The van der Waals surface area contributed by atoms with Crippen molar-refractivity contribution in [2.24, 2.45) is 0 Å². The molecule has 0 aliphatic rings. The van der Waals surface area contributed by atoms with Gasteiger partial charge in [0.15, 0.2) is 0 Å². The summed E-state index contributed by atoms with van der Waals surface area (Å²) in [4.78, 5) is 8.61. The molecule has 0 aliphatic heterocycles. The first-order valence-corrected chi connectivity index (χ1v) is 7.09. The topological polar surface area (TPSA) is 63.8 Å². The predicted molar refractivity (Wildman–Crippen MR) is 87.1 cm³/mol. The van der Waals surface area contributed by atoms with Crippen molar-refractivity contribution in [2.75, 3.05) is 11.1 Å². The number of benzene rings is 2. The number of aryl methyl sites for hydroxylation is 1. The Morgan fingerprint density at radius 1 is 1.05 bits per heavy atom. The van der Waals surface area contributed by atoms with Crippen molar-refractivity contribution in [3.63, 3.8) is 0 Å². The standard InChI is InChI=1S/C17H18N4/c1-2-12-5-3-4-6-13(12)10-19-17-15-9-14(18)7-8-16(15)20-11-21-17/h3-9,11H,2,10,18H2,1H3,(H,19,20,21). The first-order valence-electron chi connectivity index (χ1n) is 7.09. The van der Waals surface area contributed by atoms with Gasteiger partial charge in [0.05, 0.1) is 5.52 Å². The second kappa shape index (κ2) is 5.79. The summed E-state index contributed by atoms with van der Waals surface area (Å²) in [5.41, 5.74) is 10.1. The molecule has 0 fully saturated rings. The van der Waals surface area contributed by atoms with E-state index in [1.807, 2.05) is 18.2 Å². The molecule has 0 unspecified atom stereocenters. The molecule has 106 valence electrons. The van der Waals surface area contributed by atoms with E-state index in [4.69, 9.17) is 5.73 Å². The monoisotopic (exact) mass is 278 g/mol. The summed E-state index contributed by atoms with van der Waals surface area (Å²) in [6.07, 6.45) is 2.60. The highest BCUT2D eigenvalue weighted by Crippen LogP contribution is 2.22. The lowest BCUT2D eigenvalue weighted by Gasteiger charge is -2.11. The Morgan fingerprint density at radius 2 is 1.86 bits per heavy atom. The van der Waals surface area contributed by atoms with E-state index in [0.29, 0.717) is 5.69 Å². The van der Waals surface area contributed by atoms with Crippen LogP contribution in [-0.2, 0) is 13.0 Å². The highest BCUT2D eigenvalue weighted by atomic mass is 15.0. The van der Waals surface area contributed by atoms with E-state index in [1.54, 1.807) is 6.33 Å². The van der Waals surface area contributed by atoms with Gasteiger partial charge in [0, 0.05) is 17.6 Å². The minimum absolute atomic E-state index is 0.717. The number of fused-ring (bicyclic) bond motifs is 1. The van der Waals surface area contributed by atoms with Crippen LogP contribution in [-0.4, -0.2) is 9.97 Å². The Bertz CT molecular complexity index is 768. The molecule has 0 atom stereocenters. The smallest absolute Gasteiger partial charge is 0.137 e. The summed E-state index contributed by atoms with van der Waals surface area (Å²) in [5, 5.41) is 4.35. The molecule has 2 aromatic carbocycles. The van der Waals surface area contributed by atoms with E-state index in [2.05, 4.69) is 46.5 Å². The lowest BCUT2D eigenvalue weighted by molar-refractivity contribution is 1.03. The van der Waals surface area contributed by atoms with E-state index >= 15 is 0 Å². The van der Waals surface area contributed by atoms with Gasteiger partial charge >= 0.3 is 0 Å². The Morgan fingerprint density at radius 3 is 2.67 bits per heavy atom. The molecule has 0 saturated heterocycles. The Kier molecular flexibility index (Phi) is 3.69. The van der Waals surface area contributed by atoms with Gasteiger partial charge in [0.25, 0.3) is 0 Å². The Balaban J connectivity index is 1.90. The number of aromatic nitrogens is 2. The van der Waals surface area contributed by atoms with Crippen LogP contribution in [0.2, 0.25) is 0 Å². The predicted octanol–water partition coefficient (Wildman–Crippen LogP) is 3.39. The van der Waals surface area contributed by atoms with Crippen LogP contribution in [0.5, 0.6) is 0 Å². The van der Waals surface area contributed by atoms with Crippen LogP contribution in [0.4, 0.5) is 11.5 Å². The molecule has 1 aromatic heterocycles. The average Bonchev–Trinajstić information content (AvgIpc) is 2.53. The zero-order valence-electron chi connectivity index (χ0n) is 12.0. The lowest BCUT2D eigenvalue weighted by Crippen LogP contribution is -2.05. The van der Waals surface area contributed by atoms with Gasteiger partial charge in [-0.1, -0.05) is 31.2 Å². The summed E-state index contributed by atoms with van der Waals surface area (Å²) in [6.45, 7) is 2.91. The molecule has 4 heteroatoms. The minimum Gasteiger partial charge on any atom is -0.399 e. The highest BCUT2D eigenvalue weighted by Gasteiger charge is 2.05. The van der Waals surface area contributed by atoms with E-state index < -0.39 is 0 Å². The summed E-state index contributed by atoms with van der Waals surface area (Å²) < 4.78 is 0. The third kappa shape index (κ3) is 2.79. The normalized spacial score (nSPS) is 10.7. The lowest BCUT2D eigenvalue weighted by atomic mass is 10.1. The van der Waals surface area contributed by atoms with Crippen molar-refractivity contribution in [1.82, 2.24) is 9.97 Å². The molecule has 21 heavy (non-hydrogen) atoms. The van der Waals surface area contributed by atoms with Crippen LogP contribution in [0, 0.1) is 0 Å². The van der Waals surface area contributed by atoms with Gasteiger partial charge in [-0.05, 0) is 35.7 Å². The molecule has 0 saturated carbocycles. The zero-order chi connectivity index (χ0) is 14.7. The first-order chi connectivity index (χ1) is 10.3. The number of hydrogen-bond donors (Lipinski definition) is 2. The molecule has 0 spiro atoms. The third-order valence-electron chi connectivity index (χ3n) is 3.60. The number of nitrogens with one attached hydrogen (secondary N) is 1. The molecule has 0 bridgehead atoms. The molecule has 0 amide bonds. The molecule has 1 heterocycles. The third-order valence-corrected chi connectivity index (χ3v) is 3.60. The number of anilines is 2. The van der Waals surface area contributed by atoms with Gasteiger partial charge in [-0.15, -0.1) is 0 Å². The highest BCUT2D eigenvalue weighted by molar-refractivity contribution is 5.91. The van der Waals surface area contributed by atoms with E-state index in [0.717, 1.165) is 29.7 Å². The summed E-state index contributed by atoms with van der Waals surface area (Å²) >= 11 is 0. The van der Waals surface area contributed by atoms with Crippen LogP contribution >= 0.6 is 0 Å². The van der Waals surface area contributed by atoms with Gasteiger partial charge in [-0.3, -0.25) is 0 Å². The number of nitrogen functional groups attached to an aromatic ring is 1. The number of nitrogens with two attached hydrogens (primary N) is 1. The zero-order valence-corrected chi connectivity index (χ0v) is 12.0. The van der Waals surface area contributed by atoms with E-state index in [-0.39, 0.29) is 0 Å². The molecule has 3 aromatic rings. The molecular formula is C17H18N4. The summed E-state index contributed by atoms with van der Waals surface area (Å²) in [6, 6.07) is 14.1. The van der Waals surface area contributed by atoms with Crippen LogP contribution in [0.1, 0.15) is 18.1 Å². The molecule has 3 rings (SSSR count). The fraction of sp³-hybridized carbons (Fsp3) is 0.176. The van der Waals surface area contributed by atoms with Crippen molar-refractivity contribution in [3.05, 3.63) is 59.9 Å². The maximum Gasteiger partial charge on any atom is 0.137 e. The maximum atomic E-state index is 5.86. The quantitative estimate of drug-likeness (QED) is 0.718. The van der Waals surface area contributed by atoms with E-state index in [1.165, 1.54) is 11.1 Å². The largest absolute Gasteiger partial charge is 0.399 e. The Labute approximate surface area is 124 Å². The molecule has 4 nitrogen and oxygen atoms in total. The molecule has 0 aliphatic carbocycles. The van der Waals surface area contributed by atoms with Crippen LogP contribution in [0.3, 0.4) is 0 Å². The molecule has 0 radical (unpaired) electrons. The van der Waals surface area contributed by atoms with Crippen LogP contribution in [0.15, 0.2) is 48.8 Å².